The van der Waals surface area contributed by atoms with Gasteiger partial charge < -0.3 is 4.74 Å². The van der Waals surface area contributed by atoms with E-state index in [-0.39, 0.29) is 47.2 Å². The molecule has 1 aliphatic heterocycles. The highest BCUT2D eigenvalue weighted by atomic mass is 16.5. The minimum atomic E-state index is -0.514. The number of imide groups is 1. The first-order valence-electron chi connectivity index (χ1n) is 8.35. The Bertz CT molecular complexity index is 736. The third-order valence-corrected chi connectivity index (χ3v) is 5.18. The van der Waals surface area contributed by atoms with Gasteiger partial charge in [-0.2, -0.15) is 0 Å². The van der Waals surface area contributed by atoms with E-state index < -0.39 is 5.97 Å². The van der Waals surface area contributed by atoms with Crippen LogP contribution in [0, 0.1) is 23.7 Å². The number of benzene rings is 1. The summed E-state index contributed by atoms with van der Waals surface area (Å²) in [6, 6.07) is 6.67. The van der Waals surface area contributed by atoms with Crippen LogP contribution in [0.3, 0.4) is 0 Å². The van der Waals surface area contributed by atoms with E-state index in [1.54, 1.807) is 38.1 Å². The van der Waals surface area contributed by atoms with Crippen molar-refractivity contribution >= 4 is 23.5 Å². The topological polar surface area (TPSA) is 63.7 Å². The van der Waals surface area contributed by atoms with Crippen LogP contribution < -0.4 is 4.90 Å². The van der Waals surface area contributed by atoms with Gasteiger partial charge in [-0.25, -0.2) is 9.69 Å². The van der Waals surface area contributed by atoms with Gasteiger partial charge in [0.05, 0.1) is 29.2 Å². The minimum absolute atomic E-state index is 0.149. The van der Waals surface area contributed by atoms with Crippen LogP contribution in [0.25, 0.3) is 0 Å². The zero-order valence-corrected chi connectivity index (χ0v) is 13.6. The predicted octanol–water partition coefficient (Wildman–Crippen LogP) is 2.56. The lowest BCUT2D eigenvalue weighted by Crippen LogP contribution is -2.34. The largest absolute Gasteiger partial charge is 0.459 e. The molecular weight excluding hydrogens is 306 g/mol. The van der Waals surface area contributed by atoms with Gasteiger partial charge >= 0.3 is 5.97 Å². The van der Waals surface area contributed by atoms with E-state index in [0.29, 0.717) is 5.69 Å². The maximum atomic E-state index is 12.9. The molecule has 0 spiro atoms. The monoisotopic (exact) mass is 325 g/mol. The van der Waals surface area contributed by atoms with E-state index in [0.717, 1.165) is 6.42 Å². The molecule has 1 heterocycles. The summed E-state index contributed by atoms with van der Waals surface area (Å²) in [6.45, 7) is 3.53. The van der Waals surface area contributed by atoms with Crippen molar-refractivity contribution in [3.8, 4) is 0 Å². The third-order valence-electron chi connectivity index (χ3n) is 5.18. The molecule has 1 saturated carbocycles. The van der Waals surface area contributed by atoms with Crippen molar-refractivity contribution in [2.75, 3.05) is 4.90 Å². The van der Waals surface area contributed by atoms with Gasteiger partial charge in [-0.3, -0.25) is 9.59 Å². The highest BCUT2D eigenvalue weighted by Gasteiger charge is 2.59. The predicted molar refractivity (Wildman–Crippen MR) is 87.2 cm³/mol. The molecule has 4 atom stereocenters. The van der Waals surface area contributed by atoms with Crippen LogP contribution in [0.1, 0.15) is 30.6 Å². The number of esters is 1. The average molecular weight is 325 g/mol. The second kappa shape index (κ2) is 5.30. The molecule has 124 valence electrons. The van der Waals surface area contributed by atoms with Crippen molar-refractivity contribution in [2.45, 2.75) is 26.4 Å². The maximum absolute atomic E-state index is 12.9. The van der Waals surface area contributed by atoms with E-state index >= 15 is 0 Å². The number of rotatable bonds is 3. The second-order valence-corrected chi connectivity index (χ2v) is 6.98. The van der Waals surface area contributed by atoms with E-state index in [9.17, 15) is 14.4 Å². The van der Waals surface area contributed by atoms with Gasteiger partial charge in [-0.15, -0.1) is 0 Å². The van der Waals surface area contributed by atoms with Crippen molar-refractivity contribution in [3.05, 3.63) is 42.0 Å². The molecule has 0 radical (unpaired) electrons. The van der Waals surface area contributed by atoms with E-state index in [4.69, 9.17) is 4.74 Å². The SMILES string of the molecule is CC(C)OC(=O)c1ccccc1N1C(=O)[C@@H]2[C@H](C1=O)[C@H]1C=C[C@H]2C1. The number of anilines is 1. The maximum Gasteiger partial charge on any atom is 0.340 e. The molecule has 1 aromatic rings. The number of nitrogens with zero attached hydrogens (tertiary/aromatic N) is 1. The summed E-state index contributed by atoms with van der Waals surface area (Å²) < 4.78 is 5.26. The molecule has 2 amide bonds. The van der Waals surface area contributed by atoms with Crippen molar-refractivity contribution in [1.29, 1.82) is 0 Å². The van der Waals surface area contributed by atoms with Gasteiger partial charge in [0.2, 0.25) is 11.8 Å². The molecule has 4 rings (SSSR count). The van der Waals surface area contributed by atoms with E-state index in [1.807, 2.05) is 0 Å². The standard InChI is InChI=1S/C19H19NO4/c1-10(2)24-19(23)13-5-3-4-6-14(13)20-17(21)15-11-7-8-12(9-11)16(15)18(20)22/h3-8,10-12,15-16H,9H2,1-2H3/t11-,12-,15-,16+/m0/s1. The Morgan fingerprint density at radius 3 is 2.25 bits per heavy atom. The average Bonchev–Trinajstić information content (AvgIpc) is 3.21. The minimum Gasteiger partial charge on any atom is -0.459 e. The summed E-state index contributed by atoms with van der Waals surface area (Å²) in [6.07, 6.45) is 4.73. The molecule has 1 saturated heterocycles. The third kappa shape index (κ3) is 2.04. The summed E-state index contributed by atoms with van der Waals surface area (Å²) in [5.41, 5.74) is 0.597. The smallest absolute Gasteiger partial charge is 0.340 e. The summed E-state index contributed by atoms with van der Waals surface area (Å²) in [5.74, 6) is -1.14. The normalized spacial score (nSPS) is 30.4. The van der Waals surface area contributed by atoms with Crippen LogP contribution in [-0.2, 0) is 14.3 Å². The number of hydrogen-bond donors (Lipinski definition) is 0. The summed E-state index contributed by atoms with van der Waals surface area (Å²) in [5, 5.41) is 0. The van der Waals surface area contributed by atoms with Crippen LogP contribution >= 0.6 is 0 Å². The van der Waals surface area contributed by atoms with Crippen LogP contribution in [-0.4, -0.2) is 23.9 Å². The molecule has 2 fully saturated rings. The number of fused-ring (bicyclic) bond motifs is 5. The number of carbonyl (C=O) groups excluding carboxylic acids is 3. The Morgan fingerprint density at radius 1 is 1.08 bits per heavy atom. The number of carbonyl (C=O) groups is 3. The summed E-state index contributed by atoms with van der Waals surface area (Å²) >= 11 is 0. The number of allylic oxidation sites excluding steroid dienone is 2. The van der Waals surface area contributed by atoms with Crippen molar-refractivity contribution in [1.82, 2.24) is 0 Å². The molecule has 2 aliphatic carbocycles. The lowest BCUT2D eigenvalue weighted by atomic mass is 9.85. The van der Waals surface area contributed by atoms with Crippen molar-refractivity contribution in [2.24, 2.45) is 23.7 Å². The van der Waals surface area contributed by atoms with Crippen LogP contribution in [0.4, 0.5) is 5.69 Å². The van der Waals surface area contributed by atoms with Crippen molar-refractivity contribution in [3.63, 3.8) is 0 Å². The fraction of sp³-hybridized carbons (Fsp3) is 0.421. The molecule has 5 nitrogen and oxygen atoms in total. The Balaban J connectivity index is 1.72. The van der Waals surface area contributed by atoms with Gasteiger partial charge in [-0.05, 0) is 44.2 Å². The van der Waals surface area contributed by atoms with Gasteiger partial charge in [0.1, 0.15) is 0 Å². The van der Waals surface area contributed by atoms with E-state index in [2.05, 4.69) is 12.2 Å². The van der Waals surface area contributed by atoms with Crippen LogP contribution in [0.2, 0.25) is 0 Å². The van der Waals surface area contributed by atoms with Gasteiger partial charge in [-0.1, -0.05) is 24.3 Å². The van der Waals surface area contributed by atoms with Gasteiger partial charge in [0.25, 0.3) is 0 Å². The second-order valence-electron chi connectivity index (χ2n) is 6.98. The highest BCUT2D eigenvalue weighted by Crippen LogP contribution is 2.53. The molecule has 0 N–H and O–H groups in total. The fourth-order valence-corrected chi connectivity index (χ4v) is 4.26. The molecule has 1 aromatic carbocycles. The Hall–Kier alpha value is -2.43. The zero-order chi connectivity index (χ0) is 17.0. The summed E-state index contributed by atoms with van der Waals surface area (Å²) in [4.78, 5) is 39.4. The first kappa shape index (κ1) is 15.1. The molecular formula is C19H19NO4. The van der Waals surface area contributed by atoms with Gasteiger partial charge in [0, 0.05) is 0 Å². The Kier molecular flexibility index (Phi) is 3.34. The number of amides is 2. The van der Waals surface area contributed by atoms with Gasteiger partial charge in [0.15, 0.2) is 0 Å². The van der Waals surface area contributed by atoms with E-state index in [1.165, 1.54) is 4.90 Å². The quantitative estimate of drug-likeness (QED) is 0.487. The molecule has 24 heavy (non-hydrogen) atoms. The molecule has 0 aromatic heterocycles. The van der Waals surface area contributed by atoms with Crippen LogP contribution in [0.5, 0.6) is 0 Å². The fourth-order valence-electron chi connectivity index (χ4n) is 4.26. The number of para-hydroxylation sites is 1. The number of ether oxygens (including phenoxy) is 1. The molecule has 5 heteroatoms. The first-order chi connectivity index (χ1) is 11.5. The Morgan fingerprint density at radius 2 is 1.67 bits per heavy atom. The lowest BCUT2D eigenvalue weighted by molar-refractivity contribution is -0.123. The van der Waals surface area contributed by atoms with Crippen LogP contribution in [0.15, 0.2) is 36.4 Å². The summed E-state index contributed by atoms with van der Waals surface area (Å²) in [7, 11) is 0. The lowest BCUT2D eigenvalue weighted by Gasteiger charge is -2.20. The Labute approximate surface area is 140 Å². The zero-order valence-electron chi connectivity index (χ0n) is 13.6. The first-order valence-corrected chi connectivity index (χ1v) is 8.35. The van der Waals surface area contributed by atoms with Crippen molar-refractivity contribution < 1.29 is 19.1 Å². The number of hydrogen-bond acceptors (Lipinski definition) is 4. The highest BCUT2D eigenvalue weighted by molar-refractivity contribution is 6.24. The molecule has 2 bridgehead atoms. The molecule has 0 unspecified atom stereocenters. The molecule has 3 aliphatic rings.